The molecule has 3 aromatic rings. The molecule has 0 bridgehead atoms. The van der Waals surface area contributed by atoms with Crippen molar-refractivity contribution in [3.8, 4) is 11.9 Å². The highest BCUT2D eigenvalue weighted by Crippen LogP contribution is 2.27. The van der Waals surface area contributed by atoms with E-state index in [1.54, 1.807) is 0 Å². The van der Waals surface area contributed by atoms with Crippen molar-refractivity contribution in [2.24, 2.45) is 4.99 Å². The third-order valence-corrected chi connectivity index (χ3v) is 8.14. The second-order valence-corrected chi connectivity index (χ2v) is 11.7. The molecule has 0 saturated carbocycles. The number of ether oxygens (including phenoxy) is 1. The molecule has 2 aromatic carbocycles. The zero-order valence-corrected chi connectivity index (χ0v) is 26.6. The van der Waals surface area contributed by atoms with Gasteiger partial charge >= 0.3 is 0 Å². The molecule has 1 aromatic heterocycles. The Morgan fingerprint density at radius 2 is 1.89 bits per heavy atom. The maximum atomic E-state index is 13.5. The summed E-state index contributed by atoms with van der Waals surface area (Å²) in [6, 6.07) is 21.1. The lowest BCUT2D eigenvalue weighted by molar-refractivity contribution is 0.220. The summed E-state index contributed by atoms with van der Waals surface area (Å²) in [5, 5.41) is 15.1. The van der Waals surface area contributed by atoms with E-state index < -0.39 is 0 Å². The number of aliphatic imine (C=N–C) groups is 1. The lowest BCUT2D eigenvalue weighted by Gasteiger charge is -2.26. The van der Waals surface area contributed by atoms with E-state index in [-0.39, 0.29) is 11.7 Å². The van der Waals surface area contributed by atoms with Crippen molar-refractivity contribution in [2.45, 2.75) is 57.4 Å². The molecule has 0 aliphatic carbocycles. The molecule has 1 unspecified atom stereocenters. The van der Waals surface area contributed by atoms with Crippen LogP contribution in [0.4, 0.5) is 4.39 Å². The fraction of sp³-hybridized carbons (Fsp3) is 0.472. The normalized spacial score (nSPS) is 14.6. The van der Waals surface area contributed by atoms with Crippen molar-refractivity contribution in [2.75, 3.05) is 52.9 Å². The van der Waals surface area contributed by atoms with E-state index >= 15 is 0 Å². The topological polar surface area (TPSA) is 88.8 Å². The number of piperidine rings is 1. The first kappa shape index (κ1) is 33.9. The predicted molar refractivity (Wildman–Crippen MR) is 179 cm³/mol. The average Bonchev–Trinajstić information content (AvgIpc) is 3.06. The molecule has 0 amide bonds. The number of benzene rings is 2. The molecule has 0 radical (unpaired) electrons. The number of likely N-dealkylation sites (tertiary alicyclic amines) is 1. The molecule has 0 spiro atoms. The van der Waals surface area contributed by atoms with Crippen molar-refractivity contribution in [1.82, 2.24) is 25.4 Å². The van der Waals surface area contributed by atoms with E-state index in [4.69, 9.17) is 10.00 Å². The van der Waals surface area contributed by atoms with Gasteiger partial charge in [-0.25, -0.2) is 4.39 Å². The van der Waals surface area contributed by atoms with Crippen LogP contribution in [-0.2, 0) is 6.54 Å². The largest absolute Gasteiger partial charge is 0.494 e. The number of pyridine rings is 1. The minimum Gasteiger partial charge on any atom is -0.494 e. The minimum absolute atomic E-state index is 0.117. The number of guanidine groups is 1. The Kier molecular flexibility index (Phi) is 14.6. The summed E-state index contributed by atoms with van der Waals surface area (Å²) in [5.41, 5.74) is 3.37. The Hall–Kier alpha value is -4.00. The summed E-state index contributed by atoms with van der Waals surface area (Å²) in [6.07, 6.45) is 11.3. The number of nitrogens with zero attached hydrogens (tertiary/aromatic N) is 5. The van der Waals surface area contributed by atoms with Crippen molar-refractivity contribution in [1.29, 1.82) is 5.26 Å². The van der Waals surface area contributed by atoms with Crippen LogP contribution in [0.15, 0.2) is 77.9 Å². The first-order valence-corrected chi connectivity index (χ1v) is 16.3. The molecular formula is C36H48FN7O. The van der Waals surface area contributed by atoms with Gasteiger partial charge in [-0.15, -0.1) is 0 Å². The van der Waals surface area contributed by atoms with E-state index in [0.717, 1.165) is 68.9 Å². The van der Waals surface area contributed by atoms with Gasteiger partial charge in [-0.3, -0.25) is 20.2 Å². The summed E-state index contributed by atoms with van der Waals surface area (Å²) < 4.78 is 19.5. The first-order chi connectivity index (χ1) is 22.1. The molecule has 45 heavy (non-hydrogen) atoms. The number of aromatic nitrogens is 1. The molecule has 9 heteroatoms. The van der Waals surface area contributed by atoms with Crippen LogP contribution in [-0.4, -0.2) is 73.7 Å². The minimum atomic E-state index is -0.226. The van der Waals surface area contributed by atoms with Crippen LogP contribution in [0.5, 0.6) is 5.75 Å². The van der Waals surface area contributed by atoms with Crippen LogP contribution in [0, 0.1) is 17.3 Å². The van der Waals surface area contributed by atoms with E-state index in [9.17, 15) is 4.39 Å². The summed E-state index contributed by atoms with van der Waals surface area (Å²) in [6.45, 7) is 7.07. The highest BCUT2D eigenvalue weighted by Gasteiger charge is 2.16. The zero-order chi connectivity index (χ0) is 31.5. The molecular weight excluding hydrogens is 565 g/mol. The molecule has 2 N–H and O–H groups in total. The van der Waals surface area contributed by atoms with E-state index in [0.29, 0.717) is 19.1 Å². The van der Waals surface area contributed by atoms with Crippen molar-refractivity contribution in [3.05, 3.63) is 95.6 Å². The number of nitriles is 1. The fourth-order valence-electron chi connectivity index (χ4n) is 5.68. The lowest BCUT2D eigenvalue weighted by atomic mass is 9.91. The highest BCUT2D eigenvalue weighted by molar-refractivity contribution is 5.81. The second-order valence-electron chi connectivity index (χ2n) is 11.7. The van der Waals surface area contributed by atoms with Crippen LogP contribution in [0.3, 0.4) is 0 Å². The Balaban J connectivity index is 1.11. The zero-order valence-electron chi connectivity index (χ0n) is 26.6. The number of unbranched alkanes of at least 4 members (excludes halogenated alkanes) is 1. The van der Waals surface area contributed by atoms with Gasteiger partial charge in [0.25, 0.3) is 0 Å². The lowest BCUT2D eigenvalue weighted by Crippen LogP contribution is -2.35. The van der Waals surface area contributed by atoms with Gasteiger partial charge in [-0.1, -0.05) is 36.8 Å². The van der Waals surface area contributed by atoms with Gasteiger partial charge < -0.3 is 15.0 Å². The third kappa shape index (κ3) is 12.5. The van der Waals surface area contributed by atoms with Gasteiger partial charge in [0.15, 0.2) is 6.19 Å². The van der Waals surface area contributed by atoms with E-state index in [1.807, 2.05) is 48.8 Å². The standard InChI is InChI=1S/C36H48FN7O/c1-43(25-18-34(35-13-3-4-19-39-35)31-14-16-32(37)17-15-31)22-8-5-20-40-36(42-29-38)41-21-10-26-45-33-12-9-11-30(27-33)28-44-23-6-2-7-24-44/h3-4,9,11-17,19,27,34H,2,5-8,10,18,20-26,28H2,1H3,(H2,40,41,42). The molecule has 1 fully saturated rings. The molecule has 2 heterocycles. The first-order valence-electron chi connectivity index (χ1n) is 16.3. The van der Waals surface area contributed by atoms with Gasteiger partial charge in [0.05, 0.1) is 6.61 Å². The van der Waals surface area contributed by atoms with Crippen LogP contribution >= 0.6 is 0 Å². The van der Waals surface area contributed by atoms with Crippen LogP contribution in [0.25, 0.3) is 0 Å². The number of halogens is 1. The monoisotopic (exact) mass is 613 g/mol. The average molecular weight is 614 g/mol. The van der Waals surface area contributed by atoms with Crippen molar-refractivity contribution >= 4 is 5.96 Å². The molecule has 1 atom stereocenters. The van der Waals surface area contributed by atoms with Gasteiger partial charge in [0, 0.05) is 43.9 Å². The Labute approximate surface area is 268 Å². The molecule has 1 aliphatic rings. The summed E-state index contributed by atoms with van der Waals surface area (Å²) in [4.78, 5) is 13.9. The third-order valence-electron chi connectivity index (χ3n) is 8.14. The second kappa shape index (κ2) is 19.4. The van der Waals surface area contributed by atoms with Crippen LogP contribution in [0.2, 0.25) is 0 Å². The van der Waals surface area contributed by atoms with Gasteiger partial charge in [0.2, 0.25) is 5.96 Å². The van der Waals surface area contributed by atoms with Gasteiger partial charge in [0.1, 0.15) is 11.6 Å². The maximum absolute atomic E-state index is 13.5. The number of nitrogens with one attached hydrogen (secondary N) is 2. The number of rotatable bonds is 17. The van der Waals surface area contributed by atoms with E-state index in [2.05, 4.69) is 55.7 Å². The maximum Gasteiger partial charge on any atom is 0.204 e. The summed E-state index contributed by atoms with van der Waals surface area (Å²) in [7, 11) is 2.13. The molecule has 1 saturated heterocycles. The highest BCUT2D eigenvalue weighted by atomic mass is 19.1. The van der Waals surface area contributed by atoms with Crippen LogP contribution < -0.4 is 15.4 Å². The Morgan fingerprint density at radius 1 is 1.04 bits per heavy atom. The summed E-state index contributed by atoms with van der Waals surface area (Å²) >= 11 is 0. The van der Waals surface area contributed by atoms with Gasteiger partial charge in [-0.05, 0) is 113 Å². The van der Waals surface area contributed by atoms with Crippen molar-refractivity contribution in [3.63, 3.8) is 0 Å². The molecule has 240 valence electrons. The quantitative estimate of drug-likeness (QED) is 0.0642. The number of hydrogen-bond donors (Lipinski definition) is 2. The molecule has 4 rings (SSSR count). The van der Waals surface area contributed by atoms with Gasteiger partial charge in [-0.2, -0.15) is 5.26 Å². The Bertz CT molecular complexity index is 1320. The molecule has 1 aliphatic heterocycles. The smallest absolute Gasteiger partial charge is 0.204 e. The SMILES string of the molecule is CN(CCCCN/C(=N/CCCOc1cccc(CN2CCCCC2)c1)NC#N)CCC(c1ccc(F)cc1)c1ccccn1. The summed E-state index contributed by atoms with van der Waals surface area (Å²) in [5.74, 6) is 1.30. The fourth-order valence-corrected chi connectivity index (χ4v) is 5.68. The van der Waals surface area contributed by atoms with E-state index in [1.165, 1.54) is 50.0 Å². The number of hydrogen-bond acceptors (Lipinski definition) is 6. The molecule has 8 nitrogen and oxygen atoms in total. The Morgan fingerprint density at radius 3 is 2.67 bits per heavy atom. The van der Waals surface area contributed by atoms with Crippen molar-refractivity contribution < 1.29 is 9.13 Å². The predicted octanol–water partition coefficient (Wildman–Crippen LogP) is 5.93. The van der Waals surface area contributed by atoms with Crippen LogP contribution in [0.1, 0.15) is 67.7 Å².